The standard InChI is InChI=1S/C26H37N3O2/c1-16(2)21-11-13-22(14-12-21)24(17(3)4)28-20(7)26(31)27-15-23(30)29-25-18(5)9-8-10-19(25)6/h8-14,16-17,20,24,28H,15H2,1-7H3,(H,27,31)(H,29,30)/p+1/t20-,24+/m0/s1. The number of aryl methyl sites for hydroxylation is 2. The molecule has 0 bridgehead atoms. The molecule has 4 N–H and O–H groups in total. The number of benzene rings is 2. The molecule has 0 saturated carbocycles. The molecule has 2 rings (SSSR count). The van der Waals surface area contributed by atoms with Gasteiger partial charge in [-0.3, -0.25) is 9.59 Å². The maximum atomic E-state index is 12.6. The predicted molar refractivity (Wildman–Crippen MR) is 127 cm³/mol. The molecule has 2 atom stereocenters. The van der Waals surface area contributed by atoms with Crippen molar-refractivity contribution in [2.75, 3.05) is 11.9 Å². The zero-order valence-electron chi connectivity index (χ0n) is 20.0. The van der Waals surface area contributed by atoms with Crippen LogP contribution in [0, 0.1) is 19.8 Å². The fraction of sp³-hybridized carbons (Fsp3) is 0.462. The van der Waals surface area contributed by atoms with Gasteiger partial charge in [0.25, 0.3) is 5.91 Å². The van der Waals surface area contributed by atoms with Crippen LogP contribution in [0.1, 0.15) is 68.8 Å². The van der Waals surface area contributed by atoms with Gasteiger partial charge in [-0.1, -0.05) is 70.2 Å². The fourth-order valence-electron chi connectivity index (χ4n) is 3.74. The van der Waals surface area contributed by atoms with Crippen molar-refractivity contribution in [3.05, 3.63) is 64.7 Å². The molecule has 5 heteroatoms. The third-order valence-corrected chi connectivity index (χ3v) is 5.78. The van der Waals surface area contributed by atoms with Crippen LogP contribution in [0.5, 0.6) is 0 Å². The number of carbonyl (C=O) groups excluding carboxylic acids is 2. The topological polar surface area (TPSA) is 74.8 Å². The Balaban J connectivity index is 1.94. The summed E-state index contributed by atoms with van der Waals surface area (Å²) in [6, 6.07) is 14.4. The number of anilines is 1. The van der Waals surface area contributed by atoms with Crippen LogP contribution in [0.15, 0.2) is 42.5 Å². The molecule has 168 valence electrons. The van der Waals surface area contributed by atoms with Gasteiger partial charge in [0.05, 0.1) is 6.54 Å². The first-order chi connectivity index (χ1) is 14.6. The zero-order valence-corrected chi connectivity index (χ0v) is 20.0. The summed E-state index contributed by atoms with van der Waals surface area (Å²) in [6.07, 6.45) is 0. The second-order valence-corrected chi connectivity index (χ2v) is 9.11. The summed E-state index contributed by atoms with van der Waals surface area (Å²) in [5, 5.41) is 7.78. The first-order valence-electron chi connectivity index (χ1n) is 11.2. The Morgan fingerprint density at radius 3 is 1.94 bits per heavy atom. The lowest BCUT2D eigenvalue weighted by atomic mass is 9.93. The van der Waals surface area contributed by atoms with Crippen LogP contribution in [-0.4, -0.2) is 24.4 Å². The van der Waals surface area contributed by atoms with Crippen LogP contribution in [0.2, 0.25) is 0 Å². The molecule has 0 saturated heterocycles. The molecule has 0 unspecified atom stereocenters. The Hall–Kier alpha value is -2.66. The van der Waals surface area contributed by atoms with Crippen LogP contribution in [0.3, 0.4) is 0 Å². The summed E-state index contributed by atoms with van der Waals surface area (Å²) in [5.74, 6) is 0.506. The number of para-hydroxylation sites is 1. The molecule has 0 heterocycles. The van der Waals surface area contributed by atoms with E-state index >= 15 is 0 Å². The number of rotatable bonds is 9. The number of hydrogen-bond donors (Lipinski definition) is 3. The summed E-state index contributed by atoms with van der Waals surface area (Å²) < 4.78 is 0. The van der Waals surface area contributed by atoms with E-state index in [1.54, 1.807) is 0 Å². The molecule has 0 fully saturated rings. The molecule has 2 aromatic rings. The first-order valence-corrected chi connectivity index (χ1v) is 11.2. The SMILES string of the molecule is Cc1cccc(C)c1NC(=O)CNC(=O)[C@H](C)[NH2+][C@@H](c1ccc(C(C)C)cc1)C(C)C. The van der Waals surface area contributed by atoms with Crippen molar-refractivity contribution in [3.63, 3.8) is 0 Å². The first kappa shape index (κ1) is 24.6. The van der Waals surface area contributed by atoms with Crippen LogP contribution in [-0.2, 0) is 9.59 Å². The lowest BCUT2D eigenvalue weighted by Crippen LogP contribution is -2.93. The molecule has 2 aromatic carbocycles. The van der Waals surface area contributed by atoms with Gasteiger partial charge in [0.15, 0.2) is 6.04 Å². The molecule has 0 aliphatic carbocycles. The quantitative estimate of drug-likeness (QED) is 0.572. The van der Waals surface area contributed by atoms with E-state index in [1.165, 1.54) is 11.1 Å². The van der Waals surface area contributed by atoms with Crippen molar-refractivity contribution in [1.82, 2.24) is 5.32 Å². The summed E-state index contributed by atoms with van der Waals surface area (Å²) in [7, 11) is 0. The maximum absolute atomic E-state index is 12.6. The van der Waals surface area contributed by atoms with E-state index < -0.39 is 0 Å². The maximum Gasteiger partial charge on any atom is 0.278 e. The third kappa shape index (κ3) is 6.93. The van der Waals surface area contributed by atoms with Crippen molar-refractivity contribution in [2.24, 2.45) is 5.92 Å². The highest BCUT2D eigenvalue weighted by Gasteiger charge is 2.26. The smallest absolute Gasteiger partial charge is 0.278 e. The number of nitrogens with two attached hydrogens (primary N) is 1. The summed E-state index contributed by atoms with van der Waals surface area (Å²) >= 11 is 0. The summed E-state index contributed by atoms with van der Waals surface area (Å²) in [4.78, 5) is 25.0. The Morgan fingerprint density at radius 2 is 1.42 bits per heavy atom. The van der Waals surface area contributed by atoms with E-state index in [1.807, 2.05) is 39.0 Å². The minimum absolute atomic E-state index is 0.0415. The monoisotopic (exact) mass is 424 g/mol. The number of amides is 2. The van der Waals surface area contributed by atoms with Crippen molar-refractivity contribution in [1.29, 1.82) is 0 Å². The molecule has 0 aliphatic rings. The molecule has 2 amide bonds. The van der Waals surface area contributed by atoms with Crippen LogP contribution < -0.4 is 16.0 Å². The van der Waals surface area contributed by atoms with Crippen LogP contribution in [0.25, 0.3) is 0 Å². The molecule has 0 spiro atoms. The summed E-state index contributed by atoms with van der Waals surface area (Å²) in [6.45, 7) is 14.5. The van der Waals surface area contributed by atoms with E-state index in [2.05, 4.69) is 67.9 Å². The highest BCUT2D eigenvalue weighted by Crippen LogP contribution is 2.21. The van der Waals surface area contributed by atoms with Gasteiger partial charge in [0.2, 0.25) is 5.91 Å². The van der Waals surface area contributed by atoms with Crippen molar-refractivity contribution in [2.45, 2.75) is 66.5 Å². The Bertz CT molecular complexity index is 868. The average molecular weight is 425 g/mol. The second-order valence-electron chi connectivity index (χ2n) is 9.11. The van der Waals surface area contributed by atoms with Gasteiger partial charge in [-0.05, 0) is 43.4 Å². The minimum atomic E-state index is -0.301. The molecular weight excluding hydrogens is 386 g/mol. The van der Waals surface area contributed by atoms with E-state index in [0.29, 0.717) is 11.8 Å². The predicted octanol–water partition coefficient (Wildman–Crippen LogP) is 3.83. The van der Waals surface area contributed by atoms with Gasteiger partial charge in [0.1, 0.15) is 6.04 Å². The number of quaternary nitrogens is 1. The summed E-state index contributed by atoms with van der Waals surface area (Å²) in [5.41, 5.74) is 5.35. The molecular formula is C26H38N3O2+. The highest BCUT2D eigenvalue weighted by atomic mass is 16.2. The van der Waals surface area contributed by atoms with Gasteiger partial charge in [-0.15, -0.1) is 0 Å². The average Bonchev–Trinajstić information content (AvgIpc) is 2.72. The Labute approximate surface area is 187 Å². The third-order valence-electron chi connectivity index (χ3n) is 5.78. The normalized spacial score (nSPS) is 13.2. The fourth-order valence-corrected chi connectivity index (χ4v) is 3.74. The van der Waals surface area contributed by atoms with Gasteiger partial charge in [0, 0.05) is 17.2 Å². The van der Waals surface area contributed by atoms with Gasteiger partial charge < -0.3 is 16.0 Å². The van der Waals surface area contributed by atoms with Gasteiger partial charge in [-0.2, -0.15) is 0 Å². The number of nitrogens with one attached hydrogen (secondary N) is 2. The minimum Gasteiger partial charge on any atom is -0.342 e. The highest BCUT2D eigenvalue weighted by molar-refractivity contribution is 5.96. The van der Waals surface area contributed by atoms with E-state index in [4.69, 9.17) is 0 Å². The van der Waals surface area contributed by atoms with Crippen LogP contribution >= 0.6 is 0 Å². The Morgan fingerprint density at radius 1 is 0.871 bits per heavy atom. The molecule has 0 radical (unpaired) electrons. The van der Waals surface area contributed by atoms with Crippen LogP contribution in [0.4, 0.5) is 5.69 Å². The number of carbonyl (C=O) groups is 2. The van der Waals surface area contributed by atoms with Crippen molar-refractivity contribution < 1.29 is 14.9 Å². The number of hydrogen-bond acceptors (Lipinski definition) is 2. The molecule has 5 nitrogen and oxygen atoms in total. The van der Waals surface area contributed by atoms with Gasteiger partial charge in [-0.25, -0.2) is 0 Å². The lowest BCUT2D eigenvalue weighted by molar-refractivity contribution is -0.719. The van der Waals surface area contributed by atoms with Crippen molar-refractivity contribution in [3.8, 4) is 0 Å². The second kappa shape index (κ2) is 11.1. The molecule has 0 aromatic heterocycles. The van der Waals surface area contributed by atoms with E-state index in [0.717, 1.165) is 16.8 Å². The molecule has 31 heavy (non-hydrogen) atoms. The molecule has 0 aliphatic heterocycles. The lowest BCUT2D eigenvalue weighted by Gasteiger charge is -2.23. The van der Waals surface area contributed by atoms with Gasteiger partial charge >= 0.3 is 0 Å². The van der Waals surface area contributed by atoms with E-state index in [9.17, 15) is 9.59 Å². The zero-order chi connectivity index (χ0) is 23.1. The van der Waals surface area contributed by atoms with E-state index in [-0.39, 0.29) is 30.4 Å². The Kier molecular flexibility index (Phi) is 8.81. The largest absolute Gasteiger partial charge is 0.342 e. The van der Waals surface area contributed by atoms with Crippen molar-refractivity contribution >= 4 is 17.5 Å².